The summed E-state index contributed by atoms with van der Waals surface area (Å²) in [6.45, 7) is 1.64. The van der Waals surface area contributed by atoms with Gasteiger partial charge >= 0.3 is 51.4 Å². The molecule has 6 heteroatoms. The van der Waals surface area contributed by atoms with E-state index in [0.717, 1.165) is 11.5 Å². The molecule has 0 amide bonds. The van der Waals surface area contributed by atoms with Gasteiger partial charge < -0.3 is 9.90 Å². The molecule has 82 valence electrons. The monoisotopic (exact) mass is 291 g/mol. The number of hydrogen-bond acceptors (Lipinski definition) is 4. The number of carbonyl (C=O) groups excluding carboxylic acids is 1. The topological polar surface area (TPSA) is 53.0 Å². The van der Waals surface area contributed by atoms with Crippen molar-refractivity contribution in [3.05, 3.63) is 40.5 Å². The Bertz CT molecular complexity index is 556. The van der Waals surface area contributed by atoms with Crippen molar-refractivity contribution >= 4 is 29.1 Å². The summed E-state index contributed by atoms with van der Waals surface area (Å²) in [7, 11) is 0. The van der Waals surface area contributed by atoms with Crippen molar-refractivity contribution in [1.29, 1.82) is 0 Å². The van der Waals surface area contributed by atoms with Crippen molar-refractivity contribution in [3.63, 3.8) is 0 Å². The molecule has 0 spiro atoms. The summed E-state index contributed by atoms with van der Waals surface area (Å²) in [5.74, 6) is -1.22. The average Bonchev–Trinajstić information content (AvgIpc) is 2.61. The van der Waals surface area contributed by atoms with Crippen LogP contribution in [0.2, 0.25) is 5.02 Å². The first-order valence-corrected chi connectivity index (χ1v) is 5.69. The number of carbonyl (C=O) groups is 1. The SMILES string of the molecule is Cc1nsc(-c2ccccc2Cl)c1C(=O)[O-].[K+]. The summed E-state index contributed by atoms with van der Waals surface area (Å²) in [5, 5.41) is 11.5. The summed E-state index contributed by atoms with van der Waals surface area (Å²) in [6.07, 6.45) is 0. The normalized spacial score (nSPS) is 9.76. The van der Waals surface area contributed by atoms with E-state index in [1.807, 2.05) is 0 Å². The predicted octanol–water partition coefficient (Wildman–Crippen LogP) is -0.861. The first-order valence-electron chi connectivity index (χ1n) is 4.53. The molecule has 0 aliphatic heterocycles. The van der Waals surface area contributed by atoms with Crippen molar-refractivity contribution in [3.8, 4) is 10.4 Å². The molecule has 0 aliphatic rings. The zero-order valence-corrected chi connectivity index (χ0v) is 14.1. The van der Waals surface area contributed by atoms with Crippen LogP contribution in [-0.2, 0) is 0 Å². The average molecular weight is 292 g/mol. The molecule has 0 N–H and O–H groups in total. The van der Waals surface area contributed by atoms with Crippen LogP contribution in [0.5, 0.6) is 0 Å². The fraction of sp³-hybridized carbons (Fsp3) is 0.0909. The molecular formula is C11H7ClKNO2S. The molecule has 0 fully saturated rings. The van der Waals surface area contributed by atoms with E-state index in [-0.39, 0.29) is 56.9 Å². The standard InChI is InChI=1S/C11H8ClNO2S.K/c1-6-9(11(14)15)10(16-13-6)7-4-2-3-5-8(7)12;/h2-5H,1H3,(H,14,15);/q;+1/p-1. The van der Waals surface area contributed by atoms with Gasteiger partial charge in [0.25, 0.3) is 0 Å². The molecular weight excluding hydrogens is 285 g/mol. The number of benzene rings is 1. The molecule has 0 radical (unpaired) electrons. The van der Waals surface area contributed by atoms with E-state index in [0.29, 0.717) is 21.2 Å². The van der Waals surface area contributed by atoms with E-state index in [1.54, 1.807) is 31.2 Å². The van der Waals surface area contributed by atoms with Gasteiger partial charge in [-0.3, -0.25) is 0 Å². The molecule has 0 unspecified atom stereocenters. The van der Waals surface area contributed by atoms with Crippen molar-refractivity contribution in [2.45, 2.75) is 6.92 Å². The number of aromatic carboxylic acids is 1. The zero-order chi connectivity index (χ0) is 11.7. The molecule has 0 saturated carbocycles. The second kappa shape index (κ2) is 6.42. The van der Waals surface area contributed by atoms with Crippen molar-refractivity contribution in [2.24, 2.45) is 0 Å². The smallest absolute Gasteiger partial charge is 0.545 e. The zero-order valence-electron chi connectivity index (χ0n) is 9.36. The molecule has 0 saturated heterocycles. The molecule has 3 nitrogen and oxygen atoms in total. The second-order valence-electron chi connectivity index (χ2n) is 3.24. The Morgan fingerprint density at radius 3 is 2.65 bits per heavy atom. The van der Waals surface area contributed by atoms with Crippen LogP contribution in [0.15, 0.2) is 24.3 Å². The van der Waals surface area contributed by atoms with E-state index in [2.05, 4.69) is 4.37 Å². The minimum absolute atomic E-state index is 0. The maximum absolute atomic E-state index is 11.0. The Morgan fingerprint density at radius 2 is 2.06 bits per heavy atom. The van der Waals surface area contributed by atoms with Gasteiger partial charge in [0.05, 0.1) is 16.5 Å². The molecule has 1 aromatic carbocycles. The number of carboxylic acid groups (broad SMARTS) is 1. The van der Waals surface area contributed by atoms with Crippen LogP contribution in [0, 0.1) is 6.92 Å². The van der Waals surface area contributed by atoms with E-state index in [9.17, 15) is 9.90 Å². The van der Waals surface area contributed by atoms with Gasteiger partial charge in [-0.05, 0) is 24.5 Å². The van der Waals surface area contributed by atoms with Crippen LogP contribution in [0.25, 0.3) is 10.4 Å². The summed E-state index contributed by atoms with van der Waals surface area (Å²) in [4.78, 5) is 11.5. The molecule has 0 bridgehead atoms. The van der Waals surface area contributed by atoms with E-state index < -0.39 is 5.97 Å². The summed E-state index contributed by atoms with van der Waals surface area (Å²) < 4.78 is 4.02. The van der Waals surface area contributed by atoms with Crippen LogP contribution in [-0.4, -0.2) is 10.3 Å². The first kappa shape index (κ1) is 15.3. The number of carboxylic acids is 1. The summed E-state index contributed by atoms with van der Waals surface area (Å²) in [5.41, 5.74) is 1.26. The molecule has 17 heavy (non-hydrogen) atoms. The quantitative estimate of drug-likeness (QED) is 0.677. The maximum Gasteiger partial charge on any atom is 1.00 e. The Balaban J connectivity index is 0.00000144. The fourth-order valence-electron chi connectivity index (χ4n) is 1.44. The third-order valence-corrected chi connectivity index (χ3v) is 3.49. The summed E-state index contributed by atoms with van der Waals surface area (Å²) in [6, 6.07) is 7.07. The third-order valence-electron chi connectivity index (χ3n) is 2.19. The van der Waals surface area contributed by atoms with E-state index in [4.69, 9.17) is 11.6 Å². The molecule has 1 aromatic heterocycles. The molecule has 2 rings (SSSR count). The van der Waals surface area contributed by atoms with Crippen LogP contribution < -0.4 is 56.5 Å². The Hall–Kier alpha value is 0.246. The number of halogens is 1. The van der Waals surface area contributed by atoms with Crippen molar-refractivity contribution in [1.82, 2.24) is 4.37 Å². The van der Waals surface area contributed by atoms with Gasteiger partial charge in [-0.1, -0.05) is 29.8 Å². The van der Waals surface area contributed by atoms with E-state index >= 15 is 0 Å². The van der Waals surface area contributed by atoms with Gasteiger partial charge in [0.2, 0.25) is 0 Å². The van der Waals surface area contributed by atoms with Gasteiger partial charge in [-0.2, -0.15) is 4.37 Å². The second-order valence-corrected chi connectivity index (χ2v) is 4.42. The van der Waals surface area contributed by atoms with Gasteiger partial charge in [-0.25, -0.2) is 0 Å². The number of aryl methyl sites for hydroxylation is 1. The summed E-state index contributed by atoms with van der Waals surface area (Å²) >= 11 is 7.13. The van der Waals surface area contributed by atoms with Crippen LogP contribution in [0.1, 0.15) is 16.1 Å². The third kappa shape index (κ3) is 3.17. The van der Waals surface area contributed by atoms with Crippen LogP contribution >= 0.6 is 23.1 Å². The number of nitrogens with zero attached hydrogens (tertiary/aromatic N) is 1. The molecule has 0 aliphatic carbocycles. The van der Waals surface area contributed by atoms with Gasteiger partial charge in [0.1, 0.15) is 0 Å². The molecule has 0 atom stereocenters. The largest absolute Gasteiger partial charge is 1.00 e. The number of rotatable bonds is 2. The van der Waals surface area contributed by atoms with Gasteiger partial charge in [0, 0.05) is 16.1 Å². The first-order chi connectivity index (χ1) is 7.61. The Morgan fingerprint density at radius 1 is 1.41 bits per heavy atom. The Labute approximate surface area is 150 Å². The van der Waals surface area contributed by atoms with Crippen molar-refractivity contribution in [2.75, 3.05) is 0 Å². The van der Waals surface area contributed by atoms with Crippen molar-refractivity contribution < 1.29 is 61.3 Å². The fourth-order valence-corrected chi connectivity index (χ4v) is 2.64. The minimum atomic E-state index is -1.22. The number of aromatic nitrogens is 1. The van der Waals surface area contributed by atoms with E-state index in [1.165, 1.54) is 0 Å². The predicted molar refractivity (Wildman–Crippen MR) is 61.6 cm³/mol. The maximum atomic E-state index is 11.0. The van der Waals surface area contributed by atoms with Gasteiger partial charge in [0.15, 0.2) is 0 Å². The molecule has 2 aromatic rings. The van der Waals surface area contributed by atoms with Gasteiger partial charge in [-0.15, -0.1) is 0 Å². The van der Waals surface area contributed by atoms with Crippen LogP contribution in [0.3, 0.4) is 0 Å². The van der Waals surface area contributed by atoms with Crippen LogP contribution in [0.4, 0.5) is 0 Å². The molecule has 1 heterocycles. The minimum Gasteiger partial charge on any atom is -0.545 e. The Kier molecular flexibility index (Phi) is 5.78. The number of hydrogen-bond donors (Lipinski definition) is 0.